The normalized spacial score (nSPS) is 15.3. The van der Waals surface area contributed by atoms with E-state index in [1.807, 2.05) is 16.5 Å². The molecule has 0 aromatic carbocycles. The molecule has 0 aliphatic carbocycles. The Bertz CT molecular complexity index is 491. The Hall–Kier alpha value is -1.14. The number of ether oxygens (including phenoxy) is 1. The van der Waals surface area contributed by atoms with Crippen molar-refractivity contribution >= 4 is 52.3 Å². The van der Waals surface area contributed by atoms with Crippen LogP contribution in [0, 0.1) is 0 Å². The van der Waals surface area contributed by atoms with Gasteiger partial charge in [0.05, 0.1) is 6.61 Å². The van der Waals surface area contributed by atoms with Crippen LogP contribution in [-0.4, -0.2) is 74.7 Å². The lowest BCUT2D eigenvalue weighted by Crippen LogP contribution is -2.51. The zero-order chi connectivity index (χ0) is 15.8. The van der Waals surface area contributed by atoms with Crippen molar-refractivity contribution in [2.75, 3.05) is 57.9 Å². The summed E-state index contributed by atoms with van der Waals surface area (Å²) in [4.78, 5) is 24.2. The molecule has 8 nitrogen and oxygen atoms in total. The van der Waals surface area contributed by atoms with Gasteiger partial charge < -0.3 is 25.6 Å². The minimum atomic E-state index is -0.151. The average molecular weight is 454 g/mol. The molecule has 0 atom stereocenters. The van der Waals surface area contributed by atoms with Crippen LogP contribution in [0.5, 0.6) is 0 Å². The number of aliphatic imine (C=N–C) groups is 1. The highest BCUT2D eigenvalue weighted by Crippen LogP contribution is 2.18. The van der Waals surface area contributed by atoms with E-state index in [9.17, 15) is 4.79 Å². The van der Waals surface area contributed by atoms with Gasteiger partial charge in [-0.2, -0.15) is 0 Å². The topological polar surface area (TPSA) is 96.1 Å². The molecule has 0 radical (unpaired) electrons. The summed E-state index contributed by atoms with van der Waals surface area (Å²) < 4.78 is 4.86. The molecular formula is C13H23IN6O2S. The van der Waals surface area contributed by atoms with Gasteiger partial charge in [-0.1, -0.05) is 0 Å². The molecule has 0 bridgehead atoms. The second kappa shape index (κ2) is 10.6. The Morgan fingerprint density at radius 1 is 1.48 bits per heavy atom. The van der Waals surface area contributed by atoms with E-state index in [0.717, 1.165) is 31.3 Å². The second-order valence-electron chi connectivity index (χ2n) is 4.81. The van der Waals surface area contributed by atoms with E-state index in [0.29, 0.717) is 19.1 Å². The maximum atomic E-state index is 11.5. The van der Waals surface area contributed by atoms with E-state index < -0.39 is 0 Å². The van der Waals surface area contributed by atoms with Crippen molar-refractivity contribution in [3.8, 4) is 0 Å². The smallest absolute Gasteiger partial charge is 0.241 e. The number of rotatable bonds is 6. The second-order valence-corrected chi connectivity index (χ2v) is 5.68. The number of halogens is 1. The zero-order valence-electron chi connectivity index (χ0n) is 13.1. The molecule has 1 amide bonds. The molecule has 0 spiro atoms. The Labute approximate surface area is 157 Å². The molecule has 1 aliphatic rings. The maximum Gasteiger partial charge on any atom is 0.241 e. The van der Waals surface area contributed by atoms with Crippen LogP contribution in [-0.2, 0) is 9.53 Å². The van der Waals surface area contributed by atoms with Gasteiger partial charge in [0.2, 0.25) is 5.91 Å². The third kappa shape index (κ3) is 6.47. The van der Waals surface area contributed by atoms with Gasteiger partial charge in [0, 0.05) is 51.4 Å². The number of anilines is 1. The van der Waals surface area contributed by atoms with Gasteiger partial charge in [-0.25, -0.2) is 9.98 Å². The first kappa shape index (κ1) is 19.9. The number of thiazole rings is 1. The lowest BCUT2D eigenvalue weighted by molar-refractivity contribution is -0.119. The standard InChI is InChI=1S/C13H22N6O2S.HI/c1-21-8-2-15-11(20)10-17-12(14)18-4-6-19(7-5-18)13-16-3-9-22-13;/h3,9H,2,4-8,10H2,1H3,(H2,14,17)(H,15,20);1H. The number of amides is 1. The number of piperazine rings is 1. The average Bonchev–Trinajstić information content (AvgIpc) is 3.07. The number of hydrogen-bond acceptors (Lipinski definition) is 6. The molecule has 1 aromatic rings. The van der Waals surface area contributed by atoms with Crippen molar-refractivity contribution in [3.63, 3.8) is 0 Å². The monoisotopic (exact) mass is 454 g/mol. The molecule has 3 N–H and O–H groups in total. The molecule has 0 unspecified atom stereocenters. The summed E-state index contributed by atoms with van der Waals surface area (Å²) in [6.45, 7) is 4.27. The minimum absolute atomic E-state index is 0. The van der Waals surface area contributed by atoms with Gasteiger partial charge in [0.15, 0.2) is 11.1 Å². The summed E-state index contributed by atoms with van der Waals surface area (Å²) >= 11 is 1.63. The fourth-order valence-electron chi connectivity index (χ4n) is 2.10. The fourth-order valence-corrected chi connectivity index (χ4v) is 2.80. The highest BCUT2D eigenvalue weighted by atomic mass is 127. The maximum absolute atomic E-state index is 11.5. The third-order valence-corrected chi connectivity index (χ3v) is 4.14. The number of aromatic nitrogens is 1. The van der Waals surface area contributed by atoms with E-state index in [-0.39, 0.29) is 36.4 Å². The summed E-state index contributed by atoms with van der Waals surface area (Å²) in [5.41, 5.74) is 5.96. The lowest BCUT2D eigenvalue weighted by atomic mass is 10.3. The number of carbonyl (C=O) groups excluding carboxylic acids is 1. The first-order valence-corrected chi connectivity index (χ1v) is 8.03. The zero-order valence-corrected chi connectivity index (χ0v) is 16.3. The van der Waals surface area contributed by atoms with Crippen LogP contribution < -0.4 is 16.0 Å². The molecule has 1 aliphatic heterocycles. The third-order valence-electron chi connectivity index (χ3n) is 3.31. The molecule has 130 valence electrons. The summed E-state index contributed by atoms with van der Waals surface area (Å²) in [7, 11) is 1.59. The largest absolute Gasteiger partial charge is 0.383 e. The van der Waals surface area contributed by atoms with Gasteiger partial charge in [-0.15, -0.1) is 35.3 Å². The summed E-state index contributed by atoms with van der Waals surface area (Å²) in [5.74, 6) is 0.266. The first-order valence-electron chi connectivity index (χ1n) is 7.15. The summed E-state index contributed by atoms with van der Waals surface area (Å²) in [6.07, 6.45) is 1.81. The van der Waals surface area contributed by atoms with E-state index in [4.69, 9.17) is 10.5 Å². The molecule has 0 saturated carbocycles. The van der Waals surface area contributed by atoms with Crippen molar-refractivity contribution in [2.24, 2.45) is 10.7 Å². The Kier molecular flexibility index (Phi) is 9.17. The van der Waals surface area contributed by atoms with Crippen LogP contribution in [0.2, 0.25) is 0 Å². The van der Waals surface area contributed by atoms with Crippen LogP contribution in [0.4, 0.5) is 5.13 Å². The van der Waals surface area contributed by atoms with Gasteiger partial charge in [0.1, 0.15) is 6.54 Å². The number of carbonyl (C=O) groups is 1. The van der Waals surface area contributed by atoms with Crippen LogP contribution in [0.15, 0.2) is 16.6 Å². The number of nitrogens with zero attached hydrogens (tertiary/aromatic N) is 4. The van der Waals surface area contributed by atoms with Crippen LogP contribution in [0.3, 0.4) is 0 Å². The number of methoxy groups -OCH3 is 1. The molecule has 2 rings (SSSR count). The van der Waals surface area contributed by atoms with E-state index in [2.05, 4.69) is 20.2 Å². The lowest BCUT2D eigenvalue weighted by Gasteiger charge is -2.35. The number of nitrogens with two attached hydrogens (primary N) is 1. The van der Waals surface area contributed by atoms with Gasteiger partial charge in [-0.05, 0) is 0 Å². The minimum Gasteiger partial charge on any atom is -0.383 e. The number of nitrogens with one attached hydrogen (secondary N) is 1. The molecule has 10 heteroatoms. The Morgan fingerprint density at radius 3 is 2.83 bits per heavy atom. The molecule has 23 heavy (non-hydrogen) atoms. The predicted molar refractivity (Wildman–Crippen MR) is 103 cm³/mol. The van der Waals surface area contributed by atoms with Crippen molar-refractivity contribution in [3.05, 3.63) is 11.6 Å². The molecular weight excluding hydrogens is 431 g/mol. The number of hydrogen-bond donors (Lipinski definition) is 2. The molecule has 1 aromatic heterocycles. The predicted octanol–water partition coefficient (Wildman–Crippen LogP) is -0.0396. The van der Waals surface area contributed by atoms with Crippen molar-refractivity contribution < 1.29 is 9.53 Å². The molecule has 1 saturated heterocycles. The van der Waals surface area contributed by atoms with Crippen molar-refractivity contribution in [1.82, 2.24) is 15.2 Å². The molecule has 1 fully saturated rings. The first-order chi connectivity index (χ1) is 10.7. The van der Waals surface area contributed by atoms with Crippen molar-refractivity contribution in [2.45, 2.75) is 0 Å². The highest BCUT2D eigenvalue weighted by Gasteiger charge is 2.19. The highest BCUT2D eigenvalue weighted by molar-refractivity contribution is 14.0. The van der Waals surface area contributed by atoms with Gasteiger partial charge in [-0.3, -0.25) is 4.79 Å². The van der Waals surface area contributed by atoms with Crippen molar-refractivity contribution in [1.29, 1.82) is 0 Å². The summed E-state index contributed by atoms with van der Waals surface area (Å²) in [5, 5.41) is 5.71. The van der Waals surface area contributed by atoms with Crippen LogP contribution in [0.25, 0.3) is 0 Å². The Morgan fingerprint density at radius 2 is 2.22 bits per heavy atom. The molecule has 2 heterocycles. The van der Waals surface area contributed by atoms with E-state index in [1.54, 1.807) is 18.4 Å². The van der Waals surface area contributed by atoms with E-state index >= 15 is 0 Å². The van der Waals surface area contributed by atoms with E-state index in [1.165, 1.54) is 0 Å². The Balaban J connectivity index is 0.00000264. The number of guanidine groups is 1. The SMILES string of the molecule is COCCNC(=O)CN=C(N)N1CCN(c2nccs2)CC1.I. The van der Waals surface area contributed by atoms with Gasteiger partial charge in [0.25, 0.3) is 0 Å². The fraction of sp³-hybridized carbons (Fsp3) is 0.615. The van der Waals surface area contributed by atoms with Crippen LogP contribution >= 0.6 is 35.3 Å². The van der Waals surface area contributed by atoms with Gasteiger partial charge >= 0.3 is 0 Å². The van der Waals surface area contributed by atoms with Crippen LogP contribution in [0.1, 0.15) is 0 Å². The quantitative estimate of drug-likeness (QED) is 0.271. The summed E-state index contributed by atoms with van der Waals surface area (Å²) in [6, 6.07) is 0.